The maximum atomic E-state index is 9.54. The Morgan fingerprint density at radius 3 is 1.00 bits per heavy atom. The van der Waals surface area contributed by atoms with Gasteiger partial charge in [0.1, 0.15) is 12.2 Å². The van der Waals surface area contributed by atoms with Gasteiger partial charge in [-0.25, -0.2) is 0 Å². The molecule has 0 radical (unpaired) electrons. The van der Waals surface area contributed by atoms with E-state index < -0.39 is 24.4 Å². The average molecular weight is 442 g/mol. The summed E-state index contributed by atoms with van der Waals surface area (Å²) in [4.78, 5) is 0. The first-order valence-electron chi connectivity index (χ1n) is 7.68. The summed E-state index contributed by atoms with van der Waals surface area (Å²) in [6, 6.07) is 9.84. The van der Waals surface area contributed by atoms with E-state index in [1.54, 1.807) is 36.4 Å². The third kappa shape index (κ3) is 6.25. The van der Waals surface area contributed by atoms with E-state index in [1.807, 2.05) is 0 Å². The van der Waals surface area contributed by atoms with E-state index in [0.717, 1.165) is 0 Å². The van der Waals surface area contributed by atoms with Gasteiger partial charge in [-0.3, -0.25) is 0 Å². The van der Waals surface area contributed by atoms with Gasteiger partial charge in [0.25, 0.3) is 0 Å². The number of hydrogen-bond acceptors (Lipinski definition) is 4. The average Bonchev–Trinajstić information content (AvgIpc) is 2.54. The van der Waals surface area contributed by atoms with Crippen molar-refractivity contribution < 1.29 is 20.4 Å². The zero-order valence-electron chi connectivity index (χ0n) is 14.1. The molecule has 4 nitrogen and oxygen atoms in total. The molecule has 0 aliphatic carbocycles. The largest absolute Gasteiger partial charge is 0.390 e. The molecule has 8 heteroatoms. The summed E-state index contributed by atoms with van der Waals surface area (Å²) in [5, 5.41) is 38.8. The van der Waals surface area contributed by atoms with E-state index in [4.69, 9.17) is 56.6 Å². The monoisotopic (exact) mass is 440 g/mol. The number of rotatable bonds is 4. The number of benzene rings is 2. The van der Waals surface area contributed by atoms with E-state index in [1.165, 1.54) is 13.8 Å². The summed E-state index contributed by atoms with van der Waals surface area (Å²) in [5.41, 5.74) is 0.752. The van der Waals surface area contributed by atoms with Crippen LogP contribution in [-0.4, -0.2) is 32.6 Å². The van der Waals surface area contributed by atoms with Crippen LogP contribution in [0.25, 0.3) is 0 Å². The molecule has 0 fully saturated rings. The molecule has 0 aromatic heterocycles. The summed E-state index contributed by atoms with van der Waals surface area (Å²) in [5.74, 6) is 0. The van der Waals surface area contributed by atoms with Crippen molar-refractivity contribution in [2.24, 2.45) is 0 Å². The van der Waals surface area contributed by atoms with E-state index in [0.29, 0.717) is 31.2 Å². The zero-order valence-corrected chi connectivity index (χ0v) is 17.1. The standard InChI is InChI=1S/2C9H10Cl2O2/c2*1-5(12)9(13)8-6(10)3-2-4-7(8)11/h2*2-5,9,12-13H,1H3/t2*5-,9+/m10/s1. The van der Waals surface area contributed by atoms with E-state index in [-0.39, 0.29) is 0 Å². The van der Waals surface area contributed by atoms with Crippen LogP contribution < -0.4 is 0 Å². The van der Waals surface area contributed by atoms with Crippen LogP contribution in [0.3, 0.4) is 0 Å². The molecule has 0 aliphatic rings. The molecule has 4 atom stereocenters. The second kappa shape index (κ2) is 10.7. The minimum atomic E-state index is -1.04. The van der Waals surface area contributed by atoms with Crippen molar-refractivity contribution >= 4 is 46.4 Å². The third-order valence-electron chi connectivity index (χ3n) is 3.50. The van der Waals surface area contributed by atoms with E-state index in [2.05, 4.69) is 0 Å². The lowest BCUT2D eigenvalue weighted by Gasteiger charge is -2.16. The molecule has 26 heavy (non-hydrogen) atoms. The second-order valence-electron chi connectivity index (χ2n) is 5.64. The van der Waals surface area contributed by atoms with Crippen molar-refractivity contribution in [3.8, 4) is 0 Å². The summed E-state index contributed by atoms with van der Waals surface area (Å²) in [7, 11) is 0. The molecule has 0 amide bonds. The predicted octanol–water partition coefficient (Wildman–Crippen LogP) is 4.82. The van der Waals surface area contributed by atoms with Gasteiger partial charge in [-0.2, -0.15) is 0 Å². The van der Waals surface area contributed by atoms with Gasteiger partial charge >= 0.3 is 0 Å². The highest BCUT2D eigenvalue weighted by atomic mass is 35.5. The Labute approximate surface area is 172 Å². The molecule has 0 bridgehead atoms. The molecule has 0 heterocycles. The molecular weight excluding hydrogens is 422 g/mol. The molecule has 0 unspecified atom stereocenters. The highest BCUT2D eigenvalue weighted by Crippen LogP contribution is 2.32. The second-order valence-corrected chi connectivity index (χ2v) is 7.27. The Morgan fingerprint density at radius 1 is 0.577 bits per heavy atom. The first kappa shape index (κ1) is 23.5. The molecule has 0 saturated heterocycles. The van der Waals surface area contributed by atoms with Gasteiger partial charge in [-0.05, 0) is 38.1 Å². The minimum absolute atomic E-state index is 0.362. The quantitative estimate of drug-likeness (QED) is 0.548. The molecule has 2 rings (SSSR count). The van der Waals surface area contributed by atoms with Gasteiger partial charge in [0.05, 0.1) is 12.2 Å². The fourth-order valence-electron chi connectivity index (χ4n) is 2.07. The molecule has 2 aromatic carbocycles. The summed E-state index contributed by atoms with van der Waals surface area (Å²) < 4.78 is 0. The van der Waals surface area contributed by atoms with Crippen LogP contribution in [0.15, 0.2) is 36.4 Å². The molecule has 0 spiro atoms. The maximum absolute atomic E-state index is 9.54. The lowest BCUT2D eigenvalue weighted by Crippen LogP contribution is -2.14. The van der Waals surface area contributed by atoms with Gasteiger partial charge < -0.3 is 20.4 Å². The molecule has 144 valence electrons. The lowest BCUT2D eigenvalue weighted by molar-refractivity contribution is 0.0306. The van der Waals surface area contributed by atoms with Crippen LogP contribution in [0.2, 0.25) is 20.1 Å². The minimum Gasteiger partial charge on any atom is -0.390 e. The van der Waals surface area contributed by atoms with Crippen LogP contribution in [0.5, 0.6) is 0 Å². The molecule has 0 saturated carbocycles. The van der Waals surface area contributed by atoms with Crippen LogP contribution in [0.1, 0.15) is 37.2 Å². The fraction of sp³-hybridized carbons (Fsp3) is 0.333. The topological polar surface area (TPSA) is 80.9 Å². The molecular formula is C18H20Cl4O4. The Bertz CT molecular complexity index is 620. The summed E-state index contributed by atoms with van der Waals surface area (Å²) in [6.45, 7) is 2.95. The van der Waals surface area contributed by atoms with Crippen LogP contribution >= 0.6 is 46.4 Å². The van der Waals surface area contributed by atoms with Crippen LogP contribution in [0.4, 0.5) is 0 Å². The Hall–Kier alpha value is -0.560. The maximum Gasteiger partial charge on any atom is 0.107 e. The van der Waals surface area contributed by atoms with Gasteiger partial charge in [0.15, 0.2) is 0 Å². The predicted molar refractivity (Wildman–Crippen MR) is 106 cm³/mol. The Morgan fingerprint density at radius 2 is 0.808 bits per heavy atom. The highest BCUT2D eigenvalue weighted by molar-refractivity contribution is 6.36. The van der Waals surface area contributed by atoms with Crippen molar-refractivity contribution in [3.63, 3.8) is 0 Å². The van der Waals surface area contributed by atoms with E-state index >= 15 is 0 Å². The van der Waals surface area contributed by atoms with Crippen molar-refractivity contribution in [2.75, 3.05) is 0 Å². The number of hydrogen-bond donors (Lipinski definition) is 4. The zero-order chi connectivity index (χ0) is 20.0. The summed E-state index contributed by atoms with van der Waals surface area (Å²) >= 11 is 23.3. The smallest absolute Gasteiger partial charge is 0.107 e. The fourth-order valence-corrected chi connectivity index (χ4v) is 3.31. The van der Waals surface area contributed by atoms with E-state index in [9.17, 15) is 10.2 Å². The Balaban J connectivity index is 0.000000260. The van der Waals surface area contributed by atoms with Gasteiger partial charge in [-0.15, -0.1) is 0 Å². The van der Waals surface area contributed by atoms with Crippen LogP contribution in [0, 0.1) is 0 Å². The molecule has 2 aromatic rings. The SMILES string of the molecule is C[C@@H](O)[C@H](O)c1c(Cl)cccc1Cl.C[C@H](O)[C@@H](O)c1c(Cl)cccc1Cl. The molecule has 4 N–H and O–H groups in total. The third-order valence-corrected chi connectivity index (χ3v) is 4.82. The first-order chi connectivity index (χ1) is 12.1. The summed E-state index contributed by atoms with van der Waals surface area (Å²) in [6.07, 6.45) is -3.86. The Kier molecular flexibility index (Phi) is 9.65. The van der Waals surface area contributed by atoms with Crippen molar-refractivity contribution in [3.05, 3.63) is 67.6 Å². The molecule has 0 aliphatic heterocycles. The number of halogens is 4. The van der Waals surface area contributed by atoms with Crippen molar-refractivity contribution in [2.45, 2.75) is 38.3 Å². The van der Waals surface area contributed by atoms with Crippen molar-refractivity contribution in [1.82, 2.24) is 0 Å². The van der Waals surface area contributed by atoms with Gasteiger partial charge in [-0.1, -0.05) is 58.5 Å². The number of aliphatic hydroxyl groups is 4. The lowest BCUT2D eigenvalue weighted by atomic mass is 10.1. The first-order valence-corrected chi connectivity index (χ1v) is 9.19. The van der Waals surface area contributed by atoms with Crippen molar-refractivity contribution in [1.29, 1.82) is 0 Å². The normalized spacial score (nSPS) is 15.5. The number of aliphatic hydroxyl groups excluding tert-OH is 4. The highest BCUT2D eigenvalue weighted by Gasteiger charge is 2.20. The van der Waals surface area contributed by atoms with Gasteiger partial charge in [0, 0.05) is 31.2 Å². The van der Waals surface area contributed by atoms with Crippen LogP contribution in [-0.2, 0) is 0 Å². The van der Waals surface area contributed by atoms with Gasteiger partial charge in [0.2, 0.25) is 0 Å².